The lowest BCUT2D eigenvalue weighted by Gasteiger charge is -2.21. The quantitative estimate of drug-likeness (QED) is 0.806. The second-order valence-electron chi connectivity index (χ2n) is 4.93. The van der Waals surface area contributed by atoms with Crippen LogP contribution < -0.4 is 10.2 Å². The largest absolute Gasteiger partial charge is 0.347 e. The molecule has 1 saturated carbocycles. The van der Waals surface area contributed by atoms with Crippen molar-refractivity contribution in [3.8, 4) is 0 Å². The van der Waals surface area contributed by atoms with Gasteiger partial charge < -0.3 is 10.2 Å². The van der Waals surface area contributed by atoms with Crippen LogP contribution >= 0.6 is 0 Å². The maximum Gasteiger partial charge on any atom is 0.225 e. The second kappa shape index (κ2) is 3.70. The van der Waals surface area contributed by atoms with Crippen molar-refractivity contribution < 1.29 is 0 Å². The third kappa shape index (κ3) is 1.67. The van der Waals surface area contributed by atoms with E-state index in [4.69, 9.17) is 4.98 Å². The van der Waals surface area contributed by atoms with Gasteiger partial charge in [0.2, 0.25) is 5.95 Å². The van der Waals surface area contributed by atoms with Crippen molar-refractivity contribution in [3.63, 3.8) is 0 Å². The van der Waals surface area contributed by atoms with Crippen LogP contribution in [-0.4, -0.2) is 30.6 Å². The topological polar surface area (TPSA) is 41.1 Å². The summed E-state index contributed by atoms with van der Waals surface area (Å²) in [5.74, 6) is 1.58. The lowest BCUT2D eigenvalue weighted by molar-refractivity contribution is 0.614. The minimum atomic E-state index is 0.716. The first-order valence-corrected chi connectivity index (χ1v) is 6.03. The van der Waals surface area contributed by atoms with Crippen LogP contribution in [0.4, 0.5) is 5.95 Å². The molecular formula is C12H18N4. The van der Waals surface area contributed by atoms with Gasteiger partial charge in [0.1, 0.15) is 0 Å². The van der Waals surface area contributed by atoms with Gasteiger partial charge in [-0.3, -0.25) is 0 Å². The van der Waals surface area contributed by atoms with E-state index in [0.29, 0.717) is 5.92 Å². The molecule has 2 heterocycles. The Labute approximate surface area is 96.1 Å². The molecule has 1 aliphatic carbocycles. The fourth-order valence-electron chi connectivity index (χ4n) is 2.27. The van der Waals surface area contributed by atoms with Gasteiger partial charge >= 0.3 is 0 Å². The second-order valence-corrected chi connectivity index (χ2v) is 4.93. The average Bonchev–Trinajstić information content (AvgIpc) is 3.11. The Balaban J connectivity index is 2.09. The van der Waals surface area contributed by atoms with Gasteiger partial charge in [0.15, 0.2) is 0 Å². The number of aromatic nitrogens is 2. The number of hydrogen-bond donors (Lipinski definition) is 1. The summed E-state index contributed by atoms with van der Waals surface area (Å²) in [6.07, 6.45) is 3.71. The minimum absolute atomic E-state index is 0.716. The van der Waals surface area contributed by atoms with Gasteiger partial charge in [0, 0.05) is 26.6 Å². The minimum Gasteiger partial charge on any atom is -0.347 e. The molecule has 1 N–H and O–H groups in total. The molecule has 1 aromatic rings. The van der Waals surface area contributed by atoms with E-state index in [1.165, 1.54) is 29.8 Å². The predicted octanol–water partition coefficient (Wildman–Crippen LogP) is 1.07. The van der Waals surface area contributed by atoms with Crippen molar-refractivity contribution in [2.45, 2.75) is 31.7 Å². The highest BCUT2D eigenvalue weighted by Crippen LogP contribution is 2.42. The summed E-state index contributed by atoms with van der Waals surface area (Å²) in [5, 5.41) is 3.38. The lowest BCUT2D eigenvalue weighted by atomic mass is 10.0. The van der Waals surface area contributed by atoms with E-state index in [-0.39, 0.29) is 0 Å². The van der Waals surface area contributed by atoms with Gasteiger partial charge in [-0.25, -0.2) is 9.97 Å². The van der Waals surface area contributed by atoms with Gasteiger partial charge in [-0.2, -0.15) is 0 Å². The molecule has 0 spiro atoms. The molecule has 0 aromatic carbocycles. The molecular weight excluding hydrogens is 200 g/mol. The van der Waals surface area contributed by atoms with E-state index in [2.05, 4.69) is 10.3 Å². The molecule has 1 aliphatic heterocycles. The van der Waals surface area contributed by atoms with Gasteiger partial charge in [0.25, 0.3) is 0 Å². The van der Waals surface area contributed by atoms with Crippen molar-refractivity contribution in [3.05, 3.63) is 17.0 Å². The van der Waals surface area contributed by atoms with Gasteiger partial charge in [0.05, 0.1) is 11.4 Å². The van der Waals surface area contributed by atoms with Crippen LogP contribution in [0.2, 0.25) is 0 Å². The lowest BCUT2D eigenvalue weighted by Crippen LogP contribution is -2.28. The molecule has 4 nitrogen and oxygen atoms in total. The first-order valence-electron chi connectivity index (χ1n) is 6.03. The molecule has 16 heavy (non-hydrogen) atoms. The number of rotatable bonds is 2. The third-order valence-electron chi connectivity index (χ3n) is 3.32. The normalized spacial score (nSPS) is 19.4. The van der Waals surface area contributed by atoms with Crippen LogP contribution in [0.1, 0.15) is 35.7 Å². The summed E-state index contributed by atoms with van der Waals surface area (Å²) >= 11 is 0. The Hall–Kier alpha value is -1.16. The molecule has 3 rings (SSSR count). The molecule has 0 amide bonds. The number of hydrogen-bond acceptors (Lipinski definition) is 4. The number of nitrogens with one attached hydrogen (secondary N) is 1. The number of nitrogens with zero attached hydrogens (tertiary/aromatic N) is 3. The van der Waals surface area contributed by atoms with E-state index in [9.17, 15) is 0 Å². The van der Waals surface area contributed by atoms with E-state index in [1.807, 2.05) is 19.0 Å². The first kappa shape index (κ1) is 10.0. The smallest absolute Gasteiger partial charge is 0.225 e. The zero-order valence-electron chi connectivity index (χ0n) is 9.95. The van der Waals surface area contributed by atoms with Crippen LogP contribution in [0, 0.1) is 0 Å². The summed E-state index contributed by atoms with van der Waals surface area (Å²) in [6.45, 7) is 1.97. The summed E-state index contributed by atoms with van der Waals surface area (Å²) in [7, 11) is 4.02. The van der Waals surface area contributed by atoms with Crippen molar-refractivity contribution >= 4 is 5.95 Å². The Bertz CT molecular complexity index is 410. The monoisotopic (exact) mass is 218 g/mol. The van der Waals surface area contributed by atoms with E-state index < -0.39 is 0 Å². The molecule has 86 valence electrons. The first-order chi connectivity index (χ1) is 7.75. The zero-order chi connectivity index (χ0) is 11.1. The standard InChI is InChI=1S/C12H18N4/c1-16(2)12-14-10-7-13-6-5-9(10)11(15-12)8-3-4-8/h8,13H,3-7H2,1-2H3. The molecule has 0 radical (unpaired) electrons. The Morgan fingerprint density at radius 1 is 1.25 bits per heavy atom. The fraction of sp³-hybridized carbons (Fsp3) is 0.667. The van der Waals surface area contributed by atoms with E-state index in [1.54, 1.807) is 0 Å². The van der Waals surface area contributed by atoms with Gasteiger partial charge in [-0.1, -0.05) is 0 Å². The van der Waals surface area contributed by atoms with Crippen molar-refractivity contribution in [2.75, 3.05) is 25.5 Å². The van der Waals surface area contributed by atoms with Crippen LogP contribution in [0.25, 0.3) is 0 Å². The van der Waals surface area contributed by atoms with Crippen molar-refractivity contribution in [1.82, 2.24) is 15.3 Å². The van der Waals surface area contributed by atoms with Crippen LogP contribution in [0.5, 0.6) is 0 Å². The Kier molecular flexibility index (Phi) is 2.32. The van der Waals surface area contributed by atoms with Crippen LogP contribution in [0.3, 0.4) is 0 Å². The molecule has 4 heteroatoms. The number of fused-ring (bicyclic) bond motifs is 1. The summed E-state index contributed by atoms with van der Waals surface area (Å²) in [4.78, 5) is 11.4. The Morgan fingerprint density at radius 2 is 2.06 bits per heavy atom. The predicted molar refractivity (Wildman–Crippen MR) is 63.7 cm³/mol. The van der Waals surface area contributed by atoms with Crippen LogP contribution in [-0.2, 0) is 13.0 Å². The van der Waals surface area contributed by atoms with Gasteiger partial charge in [-0.15, -0.1) is 0 Å². The summed E-state index contributed by atoms with van der Waals surface area (Å²) in [6, 6.07) is 0. The molecule has 2 aliphatic rings. The molecule has 0 unspecified atom stereocenters. The molecule has 1 aromatic heterocycles. The van der Waals surface area contributed by atoms with Gasteiger partial charge in [-0.05, 0) is 31.4 Å². The highest BCUT2D eigenvalue weighted by molar-refractivity contribution is 5.40. The Morgan fingerprint density at radius 3 is 2.75 bits per heavy atom. The SMILES string of the molecule is CN(C)c1nc2c(c(C3CC3)n1)CCNC2. The highest BCUT2D eigenvalue weighted by atomic mass is 15.2. The van der Waals surface area contributed by atoms with E-state index >= 15 is 0 Å². The zero-order valence-corrected chi connectivity index (χ0v) is 9.95. The fourth-order valence-corrected chi connectivity index (χ4v) is 2.27. The van der Waals surface area contributed by atoms with Crippen molar-refractivity contribution in [1.29, 1.82) is 0 Å². The third-order valence-corrected chi connectivity index (χ3v) is 3.32. The maximum atomic E-state index is 4.73. The summed E-state index contributed by atoms with van der Waals surface area (Å²) in [5.41, 5.74) is 3.97. The van der Waals surface area contributed by atoms with Crippen molar-refractivity contribution in [2.24, 2.45) is 0 Å². The highest BCUT2D eigenvalue weighted by Gasteiger charge is 2.30. The molecule has 0 atom stereocenters. The maximum absolute atomic E-state index is 4.73. The molecule has 0 saturated heterocycles. The number of anilines is 1. The average molecular weight is 218 g/mol. The molecule has 0 bridgehead atoms. The summed E-state index contributed by atoms with van der Waals surface area (Å²) < 4.78 is 0. The van der Waals surface area contributed by atoms with Crippen LogP contribution in [0.15, 0.2) is 0 Å². The van der Waals surface area contributed by atoms with E-state index in [0.717, 1.165) is 25.5 Å². The molecule has 1 fully saturated rings.